The van der Waals surface area contributed by atoms with Crippen molar-refractivity contribution in [3.05, 3.63) is 59.0 Å². The van der Waals surface area contributed by atoms with E-state index in [4.69, 9.17) is 16.0 Å². The van der Waals surface area contributed by atoms with Crippen LogP contribution >= 0.6 is 11.6 Å². The Kier molecular flexibility index (Phi) is 5.05. The Labute approximate surface area is 159 Å². The van der Waals surface area contributed by atoms with E-state index < -0.39 is 0 Å². The molecule has 1 aromatic heterocycles. The fourth-order valence-corrected chi connectivity index (χ4v) is 4.18. The van der Waals surface area contributed by atoms with Crippen molar-refractivity contribution in [2.45, 2.75) is 37.6 Å². The summed E-state index contributed by atoms with van der Waals surface area (Å²) in [5.74, 6) is 0.687. The van der Waals surface area contributed by atoms with E-state index in [1.165, 1.54) is 18.4 Å². The summed E-state index contributed by atoms with van der Waals surface area (Å²) in [5.41, 5.74) is 1.98. The van der Waals surface area contributed by atoms with Gasteiger partial charge in [0.05, 0.1) is 17.9 Å². The molecule has 0 radical (unpaired) electrons. The molecular weight excluding hydrogens is 348 g/mol. The van der Waals surface area contributed by atoms with E-state index in [1.807, 2.05) is 36.6 Å². The highest BCUT2D eigenvalue weighted by atomic mass is 35.5. The van der Waals surface area contributed by atoms with Gasteiger partial charge in [0.15, 0.2) is 0 Å². The Morgan fingerprint density at radius 3 is 2.77 bits per heavy atom. The van der Waals surface area contributed by atoms with Crippen LogP contribution in [0.25, 0.3) is 0 Å². The molecule has 1 aromatic carbocycles. The van der Waals surface area contributed by atoms with Crippen LogP contribution in [0.3, 0.4) is 0 Å². The molecule has 1 atom stereocenters. The van der Waals surface area contributed by atoms with E-state index in [1.54, 1.807) is 6.26 Å². The van der Waals surface area contributed by atoms with Gasteiger partial charge in [-0.05, 0) is 61.9 Å². The summed E-state index contributed by atoms with van der Waals surface area (Å²) in [6.07, 6.45) is 7.75. The van der Waals surface area contributed by atoms with Crippen molar-refractivity contribution in [1.82, 2.24) is 10.2 Å². The Bertz CT molecular complexity index is 738. The van der Waals surface area contributed by atoms with Crippen molar-refractivity contribution in [1.29, 1.82) is 0 Å². The van der Waals surface area contributed by atoms with Crippen LogP contribution in [-0.4, -0.2) is 30.4 Å². The summed E-state index contributed by atoms with van der Waals surface area (Å²) in [5, 5.41) is 3.94. The van der Waals surface area contributed by atoms with E-state index in [0.29, 0.717) is 10.9 Å². The van der Waals surface area contributed by atoms with Gasteiger partial charge in [-0.2, -0.15) is 0 Å². The largest absolute Gasteiger partial charge is 0.472 e. The number of piperidine rings is 1. The molecule has 4 nitrogen and oxygen atoms in total. The average Bonchev–Trinajstić information content (AvgIpc) is 3.31. The lowest BCUT2D eigenvalue weighted by Gasteiger charge is -2.32. The molecule has 1 amide bonds. The number of rotatable bonds is 6. The molecule has 0 bridgehead atoms. The smallest absolute Gasteiger partial charge is 0.230 e. The van der Waals surface area contributed by atoms with Gasteiger partial charge < -0.3 is 9.73 Å². The molecule has 4 rings (SSSR count). The Morgan fingerprint density at radius 2 is 2.08 bits per heavy atom. The van der Waals surface area contributed by atoms with Gasteiger partial charge in [0, 0.05) is 30.2 Å². The summed E-state index contributed by atoms with van der Waals surface area (Å²) in [4.78, 5) is 15.3. The highest BCUT2D eigenvalue weighted by Gasteiger charge is 2.51. The lowest BCUT2D eigenvalue weighted by molar-refractivity contribution is -0.123. The van der Waals surface area contributed by atoms with Crippen molar-refractivity contribution >= 4 is 17.5 Å². The molecule has 1 saturated carbocycles. The van der Waals surface area contributed by atoms with Crippen molar-refractivity contribution < 1.29 is 9.21 Å². The lowest BCUT2D eigenvalue weighted by Crippen LogP contribution is -2.43. The standard InChI is InChI=1S/C21H25ClN2O2/c22-19-5-3-18(4-6-19)21(8-9-21)20(25)23-12-16-2-1-10-24(13-16)14-17-7-11-26-15-17/h3-7,11,15-16H,1-2,8-10,12-14H2,(H,23,25)/t16-/m1/s1. The summed E-state index contributed by atoms with van der Waals surface area (Å²) >= 11 is 5.98. The van der Waals surface area contributed by atoms with Gasteiger partial charge in [0.1, 0.15) is 0 Å². The number of hydrogen-bond acceptors (Lipinski definition) is 3. The summed E-state index contributed by atoms with van der Waals surface area (Å²) < 4.78 is 5.16. The molecule has 2 fully saturated rings. The van der Waals surface area contributed by atoms with Crippen molar-refractivity contribution in [2.24, 2.45) is 5.92 Å². The van der Waals surface area contributed by atoms with Crippen molar-refractivity contribution in [3.63, 3.8) is 0 Å². The summed E-state index contributed by atoms with van der Waals surface area (Å²) in [6, 6.07) is 9.75. The molecule has 5 heteroatoms. The quantitative estimate of drug-likeness (QED) is 0.833. The number of benzene rings is 1. The first kappa shape index (κ1) is 17.6. The zero-order valence-corrected chi connectivity index (χ0v) is 15.7. The zero-order valence-electron chi connectivity index (χ0n) is 14.9. The molecule has 0 spiro atoms. The van der Waals surface area contributed by atoms with Crippen LogP contribution in [-0.2, 0) is 16.8 Å². The van der Waals surface area contributed by atoms with Crippen LogP contribution < -0.4 is 5.32 Å². The Morgan fingerprint density at radius 1 is 1.27 bits per heavy atom. The molecule has 2 heterocycles. The third-order valence-corrected chi connectivity index (χ3v) is 5.97. The number of nitrogens with zero attached hydrogens (tertiary/aromatic N) is 1. The SMILES string of the molecule is O=C(NC[C@H]1CCCN(Cc2ccoc2)C1)C1(c2ccc(Cl)cc2)CC1. The Balaban J connectivity index is 1.30. The monoisotopic (exact) mass is 372 g/mol. The number of hydrogen-bond donors (Lipinski definition) is 1. The Hall–Kier alpha value is -1.78. The molecule has 1 aliphatic carbocycles. The molecule has 2 aliphatic rings. The number of likely N-dealkylation sites (tertiary alicyclic amines) is 1. The second-order valence-electron chi connectivity index (χ2n) is 7.67. The maximum atomic E-state index is 12.8. The second kappa shape index (κ2) is 7.45. The van der Waals surface area contributed by atoms with Crippen LogP contribution in [0.5, 0.6) is 0 Å². The highest BCUT2D eigenvalue weighted by Crippen LogP contribution is 2.48. The third kappa shape index (κ3) is 3.81. The van der Waals surface area contributed by atoms with Gasteiger partial charge in [-0.15, -0.1) is 0 Å². The van der Waals surface area contributed by atoms with Gasteiger partial charge in [-0.25, -0.2) is 0 Å². The van der Waals surface area contributed by atoms with Gasteiger partial charge in [-0.3, -0.25) is 9.69 Å². The van der Waals surface area contributed by atoms with Crippen LogP contribution in [0.2, 0.25) is 5.02 Å². The fraction of sp³-hybridized carbons (Fsp3) is 0.476. The number of carbonyl (C=O) groups is 1. The number of halogens is 1. The minimum atomic E-state index is -0.324. The maximum absolute atomic E-state index is 12.8. The van der Waals surface area contributed by atoms with Crippen molar-refractivity contribution in [2.75, 3.05) is 19.6 Å². The summed E-state index contributed by atoms with van der Waals surface area (Å²) in [6.45, 7) is 3.83. The zero-order chi connectivity index (χ0) is 18.0. The minimum absolute atomic E-state index is 0.173. The van der Waals surface area contributed by atoms with E-state index >= 15 is 0 Å². The average molecular weight is 373 g/mol. The van der Waals surface area contributed by atoms with E-state index in [-0.39, 0.29) is 11.3 Å². The van der Waals surface area contributed by atoms with Gasteiger partial charge in [0.2, 0.25) is 5.91 Å². The van der Waals surface area contributed by atoms with Gasteiger partial charge >= 0.3 is 0 Å². The molecular formula is C21H25ClN2O2. The van der Waals surface area contributed by atoms with E-state index in [9.17, 15) is 4.79 Å². The van der Waals surface area contributed by atoms with Gasteiger partial charge in [0.25, 0.3) is 0 Å². The first-order valence-electron chi connectivity index (χ1n) is 9.43. The van der Waals surface area contributed by atoms with Crippen LogP contribution in [0.4, 0.5) is 0 Å². The van der Waals surface area contributed by atoms with E-state index in [0.717, 1.165) is 44.6 Å². The normalized spacial score (nSPS) is 22.1. The molecule has 1 N–H and O–H groups in total. The first-order chi connectivity index (χ1) is 12.7. The number of amides is 1. The molecule has 1 aliphatic heterocycles. The molecule has 26 heavy (non-hydrogen) atoms. The first-order valence-corrected chi connectivity index (χ1v) is 9.81. The number of nitrogens with one attached hydrogen (secondary N) is 1. The lowest BCUT2D eigenvalue weighted by atomic mass is 9.93. The maximum Gasteiger partial charge on any atom is 0.230 e. The highest BCUT2D eigenvalue weighted by molar-refractivity contribution is 6.30. The van der Waals surface area contributed by atoms with Crippen LogP contribution in [0.1, 0.15) is 36.8 Å². The minimum Gasteiger partial charge on any atom is -0.472 e. The third-order valence-electron chi connectivity index (χ3n) is 5.72. The topological polar surface area (TPSA) is 45.5 Å². The van der Waals surface area contributed by atoms with Crippen molar-refractivity contribution in [3.8, 4) is 0 Å². The van der Waals surface area contributed by atoms with Gasteiger partial charge in [-0.1, -0.05) is 23.7 Å². The molecule has 1 saturated heterocycles. The van der Waals surface area contributed by atoms with Crippen LogP contribution in [0.15, 0.2) is 47.3 Å². The predicted octanol–water partition coefficient (Wildman–Crippen LogP) is 3.99. The molecule has 138 valence electrons. The van der Waals surface area contributed by atoms with E-state index in [2.05, 4.69) is 10.2 Å². The predicted molar refractivity (Wildman–Crippen MR) is 102 cm³/mol. The van der Waals surface area contributed by atoms with Crippen LogP contribution in [0, 0.1) is 5.92 Å². The number of carbonyl (C=O) groups excluding carboxylic acids is 1. The summed E-state index contributed by atoms with van der Waals surface area (Å²) in [7, 11) is 0. The molecule has 2 aromatic rings. The fourth-order valence-electron chi connectivity index (χ4n) is 4.05. The molecule has 0 unspecified atom stereocenters. The second-order valence-corrected chi connectivity index (χ2v) is 8.11. The number of furan rings is 1.